The number of rotatable bonds is 6. The predicted octanol–water partition coefficient (Wildman–Crippen LogP) is -0.498. The fourth-order valence-corrected chi connectivity index (χ4v) is 1.07. The standard InChI is InChI=1S/C10H13N3O4/c1-7-11-3-2-8(13-7)4-12-9(14)5-17-6-10(15)16/h2-3H,4-6H2,1H3,(H,12,14)(H,15,16). The summed E-state index contributed by atoms with van der Waals surface area (Å²) in [5.74, 6) is -0.870. The van der Waals surface area contributed by atoms with Gasteiger partial charge in [-0.2, -0.15) is 0 Å². The van der Waals surface area contributed by atoms with Crippen LogP contribution in [0.2, 0.25) is 0 Å². The van der Waals surface area contributed by atoms with E-state index < -0.39 is 12.6 Å². The lowest BCUT2D eigenvalue weighted by molar-refractivity contribution is -0.143. The van der Waals surface area contributed by atoms with Gasteiger partial charge in [-0.1, -0.05) is 0 Å². The molecule has 0 bridgehead atoms. The first kappa shape index (κ1) is 13.0. The summed E-state index contributed by atoms with van der Waals surface area (Å²) in [4.78, 5) is 29.3. The molecule has 0 aromatic carbocycles. The maximum absolute atomic E-state index is 11.2. The highest BCUT2D eigenvalue weighted by Gasteiger charge is 2.04. The number of carboxylic acids is 1. The molecule has 1 aromatic heterocycles. The molecule has 0 aliphatic carbocycles. The molecule has 1 amide bonds. The summed E-state index contributed by atoms with van der Waals surface area (Å²) in [6, 6.07) is 1.69. The Kier molecular flexibility index (Phi) is 5.02. The quantitative estimate of drug-likeness (QED) is 0.694. The summed E-state index contributed by atoms with van der Waals surface area (Å²) in [7, 11) is 0. The summed E-state index contributed by atoms with van der Waals surface area (Å²) in [6.45, 7) is 1.25. The number of aliphatic carboxylic acids is 1. The van der Waals surface area contributed by atoms with Crippen LogP contribution in [0.25, 0.3) is 0 Å². The van der Waals surface area contributed by atoms with E-state index in [0.717, 1.165) is 0 Å². The minimum Gasteiger partial charge on any atom is -0.480 e. The zero-order valence-electron chi connectivity index (χ0n) is 9.34. The second kappa shape index (κ2) is 6.54. The number of carbonyl (C=O) groups is 2. The fraction of sp³-hybridized carbons (Fsp3) is 0.400. The maximum Gasteiger partial charge on any atom is 0.329 e. The van der Waals surface area contributed by atoms with Crippen LogP contribution in [0.4, 0.5) is 0 Å². The fourth-order valence-electron chi connectivity index (χ4n) is 1.07. The van der Waals surface area contributed by atoms with Gasteiger partial charge >= 0.3 is 5.97 Å². The van der Waals surface area contributed by atoms with Gasteiger partial charge in [0, 0.05) is 6.20 Å². The molecule has 0 aliphatic heterocycles. The van der Waals surface area contributed by atoms with Crippen LogP contribution in [-0.2, 0) is 20.9 Å². The van der Waals surface area contributed by atoms with Gasteiger partial charge < -0.3 is 15.2 Å². The monoisotopic (exact) mass is 239 g/mol. The average molecular weight is 239 g/mol. The van der Waals surface area contributed by atoms with Crippen molar-refractivity contribution in [2.75, 3.05) is 13.2 Å². The van der Waals surface area contributed by atoms with Crippen molar-refractivity contribution in [2.45, 2.75) is 13.5 Å². The van der Waals surface area contributed by atoms with Crippen LogP contribution in [0.15, 0.2) is 12.3 Å². The van der Waals surface area contributed by atoms with E-state index in [1.165, 1.54) is 0 Å². The van der Waals surface area contributed by atoms with Gasteiger partial charge in [-0.3, -0.25) is 4.79 Å². The van der Waals surface area contributed by atoms with E-state index >= 15 is 0 Å². The van der Waals surface area contributed by atoms with E-state index in [1.54, 1.807) is 19.2 Å². The number of ether oxygens (including phenoxy) is 1. The van der Waals surface area contributed by atoms with Gasteiger partial charge in [-0.25, -0.2) is 14.8 Å². The maximum atomic E-state index is 11.2. The predicted molar refractivity (Wildman–Crippen MR) is 57.1 cm³/mol. The molecule has 0 saturated heterocycles. The molecule has 0 radical (unpaired) electrons. The Morgan fingerprint density at radius 1 is 1.47 bits per heavy atom. The van der Waals surface area contributed by atoms with Gasteiger partial charge in [0.2, 0.25) is 5.91 Å². The SMILES string of the molecule is Cc1nccc(CNC(=O)COCC(=O)O)n1. The van der Waals surface area contributed by atoms with Crippen LogP contribution in [0.1, 0.15) is 11.5 Å². The molecule has 1 heterocycles. The lowest BCUT2D eigenvalue weighted by Crippen LogP contribution is -2.28. The number of hydrogen-bond acceptors (Lipinski definition) is 5. The Balaban J connectivity index is 2.26. The molecule has 0 atom stereocenters. The molecular weight excluding hydrogens is 226 g/mol. The first-order chi connectivity index (χ1) is 8.08. The van der Waals surface area contributed by atoms with Gasteiger partial charge in [0.1, 0.15) is 19.0 Å². The van der Waals surface area contributed by atoms with Crippen molar-refractivity contribution in [3.05, 3.63) is 23.8 Å². The Bertz CT molecular complexity index is 408. The number of aromatic nitrogens is 2. The molecule has 7 nitrogen and oxygen atoms in total. The van der Waals surface area contributed by atoms with Crippen LogP contribution >= 0.6 is 0 Å². The molecule has 0 fully saturated rings. The largest absolute Gasteiger partial charge is 0.480 e. The molecule has 1 rings (SSSR count). The van der Waals surface area contributed by atoms with E-state index in [2.05, 4.69) is 20.0 Å². The summed E-state index contributed by atoms with van der Waals surface area (Å²) in [5, 5.41) is 10.8. The third-order valence-corrected chi connectivity index (χ3v) is 1.76. The second-order valence-corrected chi connectivity index (χ2v) is 3.26. The highest BCUT2D eigenvalue weighted by molar-refractivity contribution is 5.77. The molecule has 17 heavy (non-hydrogen) atoms. The van der Waals surface area contributed by atoms with Crippen molar-refractivity contribution >= 4 is 11.9 Å². The van der Waals surface area contributed by atoms with E-state index in [4.69, 9.17) is 5.11 Å². The third-order valence-electron chi connectivity index (χ3n) is 1.76. The Morgan fingerprint density at radius 2 is 2.24 bits per heavy atom. The van der Waals surface area contributed by atoms with Crippen molar-refractivity contribution in [1.29, 1.82) is 0 Å². The Labute approximate surface area is 97.8 Å². The van der Waals surface area contributed by atoms with Crippen LogP contribution in [0.5, 0.6) is 0 Å². The van der Waals surface area contributed by atoms with Crippen molar-refractivity contribution in [1.82, 2.24) is 15.3 Å². The highest BCUT2D eigenvalue weighted by atomic mass is 16.5. The van der Waals surface area contributed by atoms with Crippen LogP contribution < -0.4 is 5.32 Å². The van der Waals surface area contributed by atoms with E-state index in [0.29, 0.717) is 11.5 Å². The van der Waals surface area contributed by atoms with Crippen molar-refractivity contribution < 1.29 is 19.4 Å². The molecular formula is C10H13N3O4. The normalized spacial score (nSPS) is 9.94. The molecule has 92 valence electrons. The van der Waals surface area contributed by atoms with E-state index in [9.17, 15) is 9.59 Å². The number of nitrogens with zero attached hydrogens (tertiary/aromatic N) is 2. The highest BCUT2D eigenvalue weighted by Crippen LogP contribution is 1.93. The van der Waals surface area contributed by atoms with Crippen molar-refractivity contribution in [3.63, 3.8) is 0 Å². The minimum atomic E-state index is -1.11. The molecule has 7 heteroatoms. The number of carbonyl (C=O) groups excluding carboxylic acids is 1. The number of nitrogens with one attached hydrogen (secondary N) is 1. The zero-order chi connectivity index (χ0) is 12.7. The topological polar surface area (TPSA) is 101 Å². The zero-order valence-corrected chi connectivity index (χ0v) is 9.34. The molecule has 0 aliphatic rings. The van der Waals surface area contributed by atoms with Gasteiger partial charge in [0.25, 0.3) is 0 Å². The van der Waals surface area contributed by atoms with Crippen molar-refractivity contribution in [2.24, 2.45) is 0 Å². The van der Waals surface area contributed by atoms with Gasteiger partial charge in [0.05, 0.1) is 12.2 Å². The number of carboxylic acid groups (broad SMARTS) is 1. The third kappa shape index (κ3) is 5.57. The van der Waals surface area contributed by atoms with Crippen LogP contribution in [0, 0.1) is 6.92 Å². The van der Waals surface area contributed by atoms with Gasteiger partial charge in [0.15, 0.2) is 0 Å². The van der Waals surface area contributed by atoms with Crippen LogP contribution in [-0.4, -0.2) is 40.2 Å². The van der Waals surface area contributed by atoms with Gasteiger partial charge in [-0.15, -0.1) is 0 Å². The summed E-state index contributed by atoms with van der Waals surface area (Å²) >= 11 is 0. The smallest absolute Gasteiger partial charge is 0.329 e. The number of hydrogen-bond donors (Lipinski definition) is 2. The molecule has 1 aromatic rings. The first-order valence-corrected chi connectivity index (χ1v) is 4.92. The number of aryl methyl sites for hydroxylation is 1. The molecule has 0 unspecified atom stereocenters. The Morgan fingerprint density at radius 3 is 2.88 bits per heavy atom. The van der Waals surface area contributed by atoms with E-state index in [-0.39, 0.29) is 19.1 Å². The summed E-state index contributed by atoms with van der Waals surface area (Å²) in [6.07, 6.45) is 1.60. The lowest BCUT2D eigenvalue weighted by atomic mass is 10.4. The molecule has 0 spiro atoms. The van der Waals surface area contributed by atoms with Gasteiger partial charge in [-0.05, 0) is 13.0 Å². The molecule has 0 saturated carbocycles. The number of amides is 1. The Hall–Kier alpha value is -2.02. The van der Waals surface area contributed by atoms with E-state index in [1.807, 2.05) is 0 Å². The second-order valence-electron chi connectivity index (χ2n) is 3.26. The lowest BCUT2D eigenvalue weighted by Gasteiger charge is -2.04. The summed E-state index contributed by atoms with van der Waals surface area (Å²) < 4.78 is 4.62. The first-order valence-electron chi connectivity index (χ1n) is 4.92. The average Bonchev–Trinajstić information content (AvgIpc) is 2.26. The minimum absolute atomic E-state index is 0.263. The van der Waals surface area contributed by atoms with Crippen LogP contribution in [0.3, 0.4) is 0 Å². The molecule has 2 N–H and O–H groups in total. The van der Waals surface area contributed by atoms with Crippen molar-refractivity contribution in [3.8, 4) is 0 Å². The summed E-state index contributed by atoms with van der Waals surface area (Å²) in [5.41, 5.74) is 0.684.